The molecular formula is C19H19ClN2O4S2. The average Bonchev–Trinajstić information content (AvgIpc) is 2.67. The van der Waals surface area contributed by atoms with Crippen LogP contribution in [0.4, 0.5) is 11.4 Å². The fourth-order valence-corrected chi connectivity index (χ4v) is 5.10. The van der Waals surface area contributed by atoms with Gasteiger partial charge in [0.15, 0.2) is 9.84 Å². The molecule has 148 valence electrons. The van der Waals surface area contributed by atoms with Crippen LogP contribution in [0.5, 0.6) is 0 Å². The van der Waals surface area contributed by atoms with Gasteiger partial charge >= 0.3 is 0 Å². The Morgan fingerprint density at radius 1 is 1.21 bits per heavy atom. The quantitative estimate of drug-likeness (QED) is 0.712. The van der Waals surface area contributed by atoms with Crippen molar-refractivity contribution in [2.75, 3.05) is 16.4 Å². The number of halogens is 1. The minimum absolute atomic E-state index is 0.0846. The van der Waals surface area contributed by atoms with Crippen LogP contribution in [0, 0.1) is 0 Å². The van der Waals surface area contributed by atoms with Crippen LogP contribution >= 0.6 is 23.4 Å². The van der Waals surface area contributed by atoms with Gasteiger partial charge in [-0.25, -0.2) is 8.42 Å². The molecule has 2 amide bonds. The molecule has 0 radical (unpaired) electrons. The summed E-state index contributed by atoms with van der Waals surface area (Å²) < 4.78 is 25.2. The van der Waals surface area contributed by atoms with E-state index in [2.05, 4.69) is 10.6 Å². The monoisotopic (exact) mass is 438 g/mol. The van der Waals surface area contributed by atoms with Gasteiger partial charge in [0.2, 0.25) is 11.8 Å². The normalized spacial score (nSPS) is 16.2. The highest BCUT2D eigenvalue weighted by molar-refractivity contribution is 8.01. The molecule has 0 bridgehead atoms. The van der Waals surface area contributed by atoms with Gasteiger partial charge in [0.25, 0.3) is 0 Å². The lowest BCUT2D eigenvalue weighted by Gasteiger charge is -2.23. The topological polar surface area (TPSA) is 92.3 Å². The standard InChI is InChI=1S/C19H19ClN2O4S2/c1-2-16-19(24)22-15-11-14(7-8-17(15)27-16)28(25,26)10-9-18(23)21-13-5-3-12(20)4-6-13/h3-8,11,16H,2,9-10H2,1H3,(H,21,23)(H,22,24)/t16-/m0/s1. The Morgan fingerprint density at radius 2 is 1.93 bits per heavy atom. The average molecular weight is 439 g/mol. The molecule has 0 saturated carbocycles. The Bertz CT molecular complexity index is 1010. The maximum atomic E-state index is 12.6. The molecule has 1 aliphatic rings. The summed E-state index contributed by atoms with van der Waals surface area (Å²) in [5, 5.41) is 5.77. The van der Waals surface area contributed by atoms with Gasteiger partial charge in [-0.1, -0.05) is 18.5 Å². The zero-order valence-corrected chi connectivity index (χ0v) is 17.5. The third-order valence-electron chi connectivity index (χ3n) is 4.23. The molecule has 2 aromatic rings. The highest BCUT2D eigenvalue weighted by atomic mass is 35.5. The molecule has 0 spiro atoms. The lowest BCUT2D eigenvalue weighted by atomic mass is 10.2. The van der Waals surface area contributed by atoms with E-state index in [1.54, 1.807) is 30.3 Å². The van der Waals surface area contributed by atoms with Gasteiger partial charge in [0, 0.05) is 22.0 Å². The maximum Gasteiger partial charge on any atom is 0.237 e. The number of thioether (sulfide) groups is 1. The molecule has 1 atom stereocenters. The lowest BCUT2D eigenvalue weighted by Crippen LogP contribution is -2.28. The highest BCUT2D eigenvalue weighted by Crippen LogP contribution is 2.38. The van der Waals surface area contributed by atoms with Gasteiger partial charge in [-0.3, -0.25) is 9.59 Å². The Hall–Kier alpha value is -2.03. The number of hydrogen-bond acceptors (Lipinski definition) is 5. The SMILES string of the molecule is CC[C@@H]1Sc2ccc(S(=O)(=O)CCC(=O)Nc3ccc(Cl)cc3)cc2NC1=O. The number of amides is 2. The summed E-state index contributed by atoms with van der Waals surface area (Å²) in [4.78, 5) is 25.0. The third-order valence-corrected chi connectivity index (χ3v) is 7.63. The van der Waals surface area contributed by atoms with Crippen LogP contribution in [-0.4, -0.2) is 31.2 Å². The van der Waals surface area contributed by atoms with Crippen LogP contribution in [0.15, 0.2) is 52.3 Å². The molecule has 0 saturated heterocycles. The van der Waals surface area contributed by atoms with Crippen molar-refractivity contribution in [3.05, 3.63) is 47.5 Å². The van der Waals surface area contributed by atoms with Crippen molar-refractivity contribution in [2.45, 2.75) is 34.8 Å². The number of hydrogen-bond donors (Lipinski definition) is 2. The van der Waals surface area contributed by atoms with Crippen molar-refractivity contribution in [2.24, 2.45) is 0 Å². The number of anilines is 2. The van der Waals surface area contributed by atoms with Gasteiger partial charge in [-0.2, -0.15) is 0 Å². The van der Waals surface area contributed by atoms with Crippen LogP contribution in [0.2, 0.25) is 5.02 Å². The van der Waals surface area contributed by atoms with Crippen LogP contribution in [0.1, 0.15) is 19.8 Å². The summed E-state index contributed by atoms with van der Waals surface area (Å²) in [7, 11) is -3.67. The van der Waals surface area contributed by atoms with Crippen LogP contribution in [-0.2, 0) is 19.4 Å². The molecule has 2 N–H and O–H groups in total. The number of carbonyl (C=O) groups is 2. The number of benzene rings is 2. The number of carbonyl (C=O) groups excluding carboxylic acids is 2. The van der Waals surface area contributed by atoms with Gasteiger partial charge in [0.05, 0.1) is 21.6 Å². The maximum absolute atomic E-state index is 12.6. The van der Waals surface area contributed by atoms with Crippen molar-refractivity contribution in [3.8, 4) is 0 Å². The third kappa shape index (κ3) is 4.87. The Balaban J connectivity index is 1.66. The summed E-state index contributed by atoms with van der Waals surface area (Å²) in [6, 6.07) is 11.2. The van der Waals surface area contributed by atoms with E-state index in [0.29, 0.717) is 22.8 Å². The molecule has 3 rings (SSSR count). The van der Waals surface area contributed by atoms with Gasteiger partial charge < -0.3 is 10.6 Å². The second kappa shape index (κ2) is 8.55. The first kappa shape index (κ1) is 20.7. The number of fused-ring (bicyclic) bond motifs is 1. The fraction of sp³-hybridized carbons (Fsp3) is 0.263. The summed E-state index contributed by atoms with van der Waals surface area (Å²) in [6.07, 6.45) is 0.514. The van der Waals surface area contributed by atoms with Crippen LogP contribution in [0.25, 0.3) is 0 Å². The van der Waals surface area contributed by atoms with E-state index in [0.717, 1.165) is 4.90 Å². The zero-order valence-electron chi connectivity index (χ0n) is 15.1. The van der Waals surface area contributed by atoms with Crippen molar-refractivity contribution < 1.29 is 18.0 Å². The molecule has 1 heterocycles. The van der Waals surface area contributed by atoms with Gasteiger partial charge in [0.1, 0.15) is 0 Å². The van der Waals surface area contributed by atoms with Crippen molar-refractivity contribution in [1.82, 2.24) is 0 Å². The molecule has 6 nitrogen and oxygen atoms in total. The molecule has 1 aliphatic heterocycles. The van der Waals surface area contributed by atoms with Crippen LogP contribution in [0.3, 0.4) is 0 Å². The minimum atomic E-state index is -3.67. The van der Waals surface area contributed by atoms with Crippen molar-refractivity contribution in [3.63, 3.8) is 0 Å². The second-order valence-electron chi connectivity index (χ2n) is 6.29. The summed E-state index contributed by atoms with van der Waals surface area (Å²) >= 11 is 7.22. The van der Waals surface area contributed by atoms with E-state index < -0.39 is 15.7 Å². The second-order valence-corrected chi connectivity index (χ2v) is 10.1. The largest absolute Gasteiger partial charge is 0.326 e. The molecule has 28 heavy (non-hydrogen) atoms. The molecule has 0 fully saturated rings. The molecule has 0 unspecified atom stereocenters. The molecule has 0 aromatic heterocycles. The first-order valence-corrected chi connectivity index (χ1v) is 11.6. The minimum Gasteiger partial charge on any atom is -0.326 e. The fourth-order valence-electron chi connectivity index (χ4n) is 2.69. The Labute approximate surface area is 173 Å². The van der Waals surface area contributed by atoms with E-state index in [1.165, 1.54) is 23.9 Å². The Kier molecular flexibility index (Phi) is 6.32. The van der Waals surface area contributed by atoms with Gasteiger partial charge in [-0.05, 0) is 48.9 Å². The van der Waals surface area contributed by atoms with Crippen molar-refractivity contribution >= 4 is 56.4 Å². The first-order valence-electron chi connectivity index (χ1n) is 8.68. The number of sulfone groups is 1. The molecule has 0 aliphatic carbocycles. The van der Waals surface area contributed by atoms with E-state index in [-0.39, 0.29) is 28.2 Å². The van der Waals surface area contributed by atoms with E-state index in [4.69, 9.17) is 11.6 Å². The summed E-state index contributed by atoms with van der Waals surface area (Å²) in [5.74, 6) is -0.862. The van der Waals surface area contributed by atoms with E-state index >= 15 is 0 Å². The number of rotatable bonds is 6. The molecule has 9 heteroatoms. The van der Waals surface area contributed by atoms with E-state index in [1.807, 2.05) is 6.92 Å². The highest BCUT2D eigenvalue weighted by Gasteiger charge is 2.27. The van der Waals surface area contributed by atoms with Gasteiger partial charge in [-0.15, -0.1) is 11.8 Å². The van der Waals surface area contributed by atoms with Crippen molar-refractivity contribution in [1.29, 1.82) is 0 Å². The number of nitrogens with one attached hydrogen (secondary N) is 2. The summed E-state index contributed by atoms with van der Waals surface area (Å²) in [5.41, 5.74) is 1.04. The predicted molar refractivity (Wildman–Crippen MR) is 112 cm³/mol. The predicted octanol–water partition coefficient (Wildman–Crippen LogP) is 3.97. The lowest BCUT2D eigenvalue weighted by molar-refractivity contribution is -0.116. The molecule has 2 aromatic carbocycles. The zero-order chi connectivity index (χ0) is 20.3. The Morgan fingerprint density at radius 3 is 2.61 bits per heavy atom. The van der Waals surface area contributed by atoms with Crippen LogP contribution < -0.4 is 10.6 Å². The smallest absolute Gasteiger partial charge is 0.237 e. The van der Waals surface area contributed by atoms with E-state index in [9.17, 15) is 18.0 Å². The molecular weight excluding hydrogens is 420 g/mol. The first-order chi connectivity index (χ1) is 13.3. The summed E-state index contributed by atoms with van der Waals surface area (Å²) in [6.45, 7) is 1.93.